The van der Waals surface area contributed by atoms with Crippen LogP contribution in [0, 0.1) is 0 Å². The van der Waals surface area contributed by atoms with E-state index in [1.54, 1.807) is 25.0 Å². The van der Waals surface area contributed by atoms with E-state index in [2.05, 4.69) is 35.1 Å². The van der Waals surface area contributed by atoms with Crippen LogP contribution in [-0.2, 0) is 0 Å². The van der Waals surface area contributed by atoms with Crippen LogP contribution >= 0.6 is 0 Å². The fourth-order valence-corrected chi connectivity index (χ4v) is 3.31. The van der Waals surface area contributed by atoms with Gasteiger partial charge in [-0.25, -0.2) is 19.9 Å². The van der Waals surface area contributed by atoms with Gasteiger partial charge in [0.25, 0.3) is 0 Å². The number of nitrogens with one attached hydrogen (secondary N) is 1. The van der Waals surface area contributed by atoms with Gasteiger partial charge in [0, 0.05) is 50.9 Å². The van der Waals surface area contributed by atoms with Gasteiger partial charge in [-0.05, 0) is 18.9 Å². The molecule has 1 unspecified atom stereocenters. The third kappa shape index (κ3) is 3.35. The fraction of sp³-hybridized carbons (Fsp3) is 0.389. The molecule has 3 aromatic rings. The smallest absolute Gasteiger partial charge is 0.140 e. The lowest BCUT2D eigenvalue weighted by Gasteiger charge is -2.34. The van der Waals surface area contributed by atoms with Crippen LogP contribution in [0.4, 0.5) is 17.5 Å². The zero-order valence-electron chi connectivity index (χ0n) is 15.0. The minimum atomic E-state index is 0.306. The number of hydrogen-bond acceptors (Lipinski definition) is 8. The van der Waals surface area contributed by atoms with Crippen LogP contribution in [0.15, 0.2) is 37.2 Å². The van der Waals surface area contributed by atoms with Gasteiger partial charge in [-0.3, -0.25) is 4.98 Å². The summed E-state index contributed by atoms with van der Waals surface area (Å²) in [5, 5.41) is 4.59. The fourth-order valence-electron chi connectivity index (χ4n) is 3.31. The lowest BCUT2D eigenvalue weighted by molar-refractivity contribution is 0.526. The molecule has 26 heavy (non-hydrogen) atoms. The van der Waals surface area contributed by atoms with Crippen LogP contribution < -0.4 is 15.1 Å². The average molecular weight is 350 g/mol. The maximum absolute atomic E-state index is 4.54. The van der Waals surface area contributed by atoms with E-state index >= 15 is 0 Å². The number of nitrogens with zero attached hydrogens (tertiary/aromatic N) is 7. The van der Waals surface area contributed by atoms with Gasteiger partial charge in [-0.15, -0.1) is 0 Å². The second-order valence-corrected chi connectivity index (χ2v) is 6.68. The lowest BCUT2D eigenvalue weighted by atomic mass is 10.1. The molecule has 0 saturated carbocycles. The zero-order valence-corrected chi connectivity index (χ0v) is 15.0. The highest BCUT2D eigenvalue weighted by molar-refractivity contribution is 5.88. The van der Waals surface area contributed by atoms with E-state index in [-0.39, 0.29) is 0 Å². The second kappa shape index (κ2) is 7.07. The Labute approximate surface area is 152 Å². The standard InChI is InChI=1S/C18H22N8/c1-25(2)17-8-16(21-12-22-17)24-13-4-3-7-26(10-13)18-14-5-6-19-9-15(14)20-11-23-18/h5-6,8-9,11-13H,3-4,7,10H2,1-2H3,(H,21,22,24). The predicted octanol–water partition coefficient (Wildman–Crippen LogP) is 1.96. The molecule has 0 spiro atoms. The van der Waals surface area contributed by atoms with Gasteiger partial charge >= 0.3 is 0 Å². The van der Waals surface area contributed by atoms with E-state index in [1.165, 1.54) is 0 Å². The van der Waals surface area contributed by atoms with Crippen molar-refractivity contribution in [1.29, 1.82) is 0 Å². The molecule has 4 heterocycles. The van der Waals surface area contributed by atoms with E-state index in [9.17, 15) is 0 Å². The number of hydrogen-bond donors (Lipinski definition) is 1. The quantitative estimate of drug-likeness (QED) is 0.765. The van der Waals surface area contributed by atoms with Crippen LogP contribution in [-0.4, -0.2) is 58.1 Å². The van der Waals surface area contributed by atoms with Crippen molar-refractivity contribution in [2.24, 2.45) is 0 Å². The van der Waals surface area contributed by atoms with Gasteiger partial charge in [-0.1, -0.05) is 0 Å². The van der Waals surface area contributed by atoms with Crippen LogP contribution in [0.3, 0.4) is 0 Å². The summed E-state index contributed by atoms with van der Waals surface area (Å²) in [5.74, 6) is 2.72. The first-order valence-electron chi connectivity index (χ1n) is 8.76. The van der Waals surface area contributed by atoms with E-state index in [0.717, 1.165) is 54.3 Å². The summed E-state index contributed by atoms with van der Waals surface area (Å²) in [6.45, 7) is 1.86. The topological polar surface area (TPSA) is 83.0 Å². The Morgan fingerprint density at radius 2 is 2.04 bits per heavy atom. The van der Waals surface area contributed by atoms with Gasteiger partial charge in [0.05, 0.1) is 11.7 Å². The van der Waals surface area contributed by atoms with Gasteiger partial charge < -0.3 is 15.1 Å². The van der Waals surface area contributed by atoms with Crippen molar-refractivity contribution in [3.8, 4) is 0 Å². The average Bonchev–Trinajstić information content (AvgIpc) is 2.68. The van der Waals surface area contributed by atoms with Crippen molar-refractivity contribution in [3.05, 3.63) is 37.2 Å². The molecule has 0 bridgehead atoms. The van der Waals surface area contributed by atoms with E-state index in [0.29, 0.717) is 6.04 Å². The Bertz CT molecular complexity index is 892. The molecule has 4 rings (SSSR count). The van der Waals surface area contributed by atoms with Gasteiger partial charge in [0.2, 0.25) is 0 Å². The Morgan fingerprint density at radius 1 is 1.15 bits per heavy atom. The molecule has 1 aliphatic heterocycles. The first-order valence-corrected chi connectivity index (χ1v) is 8.76. The molecule has 1 saturated heterocycles. The molecule has 1 atom stereocenters. The highest BCUT2D eigenvalue weighted by atomic mass is 15.2. The summed E-state index contributed by atoms with van der Waals surface area (Å²) in [6.07, 6.45) is 8.98. The summed E-state index contributed by atoms with van der Waals surface area (Å²) in [4.78, 5) is 25.9. The van der Waals surface area contributed by atoms with Crippen molar-refractivity contribution in [1.82, 2.24) is 24.9 Å². The first kappa shape index (κ1) is 16.4. The summed E-state index contributed by atoms with van der Waals surface area (Å²) < 4.78 is 0. The SMILES string of the molecule is CN(C)c1cc(NC2CCCN(c3ncnc4cnccc34)C2)ncn1. The van der Waals surface area contributed by atoms with Gasteiger partial charge in [0.1, 0.15) is 30.1 Å². The normalized spacial score (nSPS) is 17.3. The van der Waals surface area contributed by atoms with Crippen LogP contribution in [0.5, 0.6) is 0 Å². The summed E-state index contributed by atoms with van der Waals surface area (Å²) in [6, 6.07) is 4.26. The Hall–Kier alpha value is -3.03. The molecular formula is C18H22N8. The van der Waals surface area contributed by atoms with Gasteiger partial charge in [-0.2, -0.15) is 0 Å². The van der Waals surface area contributed by atoms with E-state index in [4.69, 9.17) is 0 Å². The maximum Gasteiger partial charge on any atom is 0.140 e. The molecule has 1 fully saturated rings. The van der Waals surface area contributed by atoms with Crippen LogP contribution in [0.1, 0.15) is 12.8 Å². The largest absolute Gasteiger partial charge is 0.365 e. The minimum Gasteiger partial charge on any atom is -0.365 e. The van der Waals surface area contributed by atoms with Crippen molar-refractivity contribution in [2.75, 3.05) is 42.3 Å². The summed E-state index contributed by atoms with van der Waals surface area (Å²) in [5.41, 5.74) is 0.874. The number of pyridine rings is 1. The molecular weight excluding hydrogens is 328 g/mol. The molecule has 0 aliphatic carbocycles. The molecule has 8 nitrogen and oxygen atoms in total. The monoisotopic (exact) mass is 350 g/mol. The van der Waals surface area contributed by atoms with Crippen molar-refractivity contribution < 1.29 is 0 Å². The predicted molar refractivity (Wildman–Crippen MR) is 103 cm³/mol. The van der Waals surface area contributed by atoms with E-state index < -0.39 is 0 Å². The first-order chi connectivity index (χ1) is 12.7. The number of piperidine rings is 1. The molecule has 8 heteroatoms. The maximum atomic E-state index is 4.54. The van der Waals surface area contributed by atoms with Crippen LogP contribution in [0.25, 0.3) is 10.9 Å². The third-order valence-electron chi connectivity index (χ3n) is 4.60. The minimum absolute atomic E-state index is 0.306. The summed E-state index contributed by atoms with van der Waals surface area (Å²) in [7, 11) is 3.95. The molecule has 1 N–H and O–H groups in total. The zero-order chi connectivity index (χ0) is 17.9. The molecule has 0 radical (unpaired) electrons. The molecule has 0 amide bonds. The number of aromatic nitrogens is 5. The summed E-state index contributed by atoms with van der Waals surface area (Å²) >= 11 is 0. The van der Waals surface area contributed by atoms with Crippen molar-refractivity contribution in [2.45, 2.75) is 18.9 Å². The van der Waals surface area contributed by atoms with Crippen LogP contribution in [0.2, 0.25) is 0 Å². The molecule has 1 aliphatic rings. The highest BCUT2D eigenvalue weighted by Crippen LogP contribution is 2.26. The Kier molecular flexibility index (Phi) is 4.47. The van der Waals surface area contributed by atoms with Crippen molar-refractivity contribution >= 4 is 28.4 Å². The number of anilines is 3. The Morgan fingerprint density at radius 3 is 2.92 bits per heavy atom. The molecule has 134 valence electrons. The molecule has 3 aromatic heterocycles. The second-order valence-electron chi connectivity index (χ2n) is 6.68. The molecule has 0 aromatic carbocycles. The van der Waals surface area contributed by atoms with Gasteiger partial charge in [0.15, 0.2) is 0 Å². The highest BCUT2D eigenvalue weighted by Gasteiger charge is 2.22. The van der Waals surface area contributed by atoms with Crippen molar-refractivity contribution in [3.63, 3.8) is 0 Å². The lowest BCUT2D eigenvalue weighted by Crippen LogP contribution is -2.42. The van der Waals surface area contributed by atoms with E-state index in [1.807, 2.05) is 31.1 Å². The Balaban J connectivity index is 1.53. The third-order valence-corrected chi connectivity index (χ3v) is 4.60. The number of rotatable bonds is 4. The number of fused-ring (bicyclic) bond motifs is 1.